The zero-order chi connectivity index (χ0) is 40.0. The van der Waals surface area contributed by atoms with Crippen molar-refractivity contribution in [1.29, 1.82) is 0 Å². The molecule has 22 heteroatoms. The van der Waals surface area contributed by atoms with Crippen LogP contribution in [-0.2, 0) is 18.9 Å². The van der Waals surface area contributed by atoms with Crippen molar-refractivity contribution < 1.29 is 104 Å². The molecule has 4 heterocycles. The van der Waals surface area contributed by atoms with E-state index in [2.05, 4.69) is 0 Å². The van der Waals surface area contributed by atoms with Gasteiger partial charge in [0.15, 0.2) is 29.7 Å². The van der Waals surface area contributed by atoms with E-state index >= 15 is 0 Å². The van der Waals surface area contributed by atoms with Gasteiger partial charge in [0.2, 0.25) is 23.8 Å². The molecule has 3 fully saturated rings. The smallest absolute Gasteiger partial charge is 0.238 e. The van der Waals surface area contributed by atoms with Crippen LogP contribution in [0, 0.1) is 0 Å². The van der Waals surface area contributed by atoms with Crippen LogP contribution in [0.15, 0.2) is 39.5 Å². The van der Waals surface area contributed by atoms with Gasteiger partial charge < -0.3 is 104 Å². The molecule has 0 unspecified atom stereocenters. The Balaban J connectivity index is 1.42. The molecular formula is C33H40O22. The van der Waals surface area contributed by atoms with Gasteiger partial charge in [-0.2, -0.15) is 0 Å². The topological polar surface area (TPSA) is 369 Å². The predicted octanol–water partition coefficient (Wildman–Crippen LogP) is -5.24. The van der Waals surface area contributed by atoms with E-state index in [-0.39, 0.29) is 11.1 Å². The zero-order valence-electron chi connectivity index (χ0n) is 28.2. The van der Waals surface area contributed by atoms with Crippen LogP contribution >= 0.6 is 0 Å². The van der Waals surface area contributed by atoms with Crippen molar-refractivity contribution in [1.82, 2.24) is 0 Å². The number of fused-ring (bicyclic) bond motifs is 1. The van der Waals surface area contributed by atoms with E-state index in [1.54, 1.807) is 0 Å². The first kappa shape index (κ1) is 40.7. The summed E-state index contributed by atoms with van der Waals surface area (Å²) in [5.41, 5.74) is -1.65. The second-order valence-electron chi connectivity index (χ2n) is 13.0. The summed E-state index contributed by atoms with van der Waals surface area (Å²) in [4.78, 5) is 13.1. The van der Waals surface area contributed by atoms with Gasteiger partial charge in [-0.1, -0.05) is 0 Å². The minimum Gasteiger partial charge on any atom is -0.508 e. The van der Waals surface area contributed by atoms with Crippen LogP contribution in [0.2, 0.25) is 0 Å². The monoisotopic (exact) mass is 788 g/mol. The average Bonchev–Trinajstić information content (AvgIpc) is 3.16. The Bertz CT molecular complexity index is 1870. The highest BCUT2D eigenvalue weighted by molar-refractivity contribution is 5.88. The largest absolute Gasteiger partial charge is 0.508 e. The van der Waals surface area contributed by atoms with Crippen LogP contribution in [0.3, 0.4) is 0 Å². The fraction of sp³-hybridized carbons (Fsp3) is 0.545. The van der Waals surface area contributed by atoms with E-state index in [0.29, 0.717) is 0 Å². The normalized spacial score (nSPS) is 36.8. The summed E-state index contributed by atoms with van der Waals surface area (Å²) in [6.45, 7) is -2.58. The van der Waals surface area contributed by atoms with Gasteiger partial charge >= 0.3 is 0 Å². The Morgan fingerprint density at radius 3 is 1.71 bits per heavy atom. The lowest BCUT2D eigenvalue weighted by atomic mass is 9.97. The minimum atomic E-state index is -1.99. The fourth-order valence-electron chi connectivity index (χ4n) is 6.36. The summed E-state index contributed by atoms with van der Waals surface area (Å²) in [6.07, 6.45) is -27.3. The Kier molecular flexibility index (Phi) is 12.0. The summed E-state index contributed by atoms with van der Waals surface area (Å²) in [5.74, 6) is -3.70. The third kappa shape index (κ3) is 7.63. The molecule has 55 heavy (non-hydrogen) atoms. The second kappa shape index (κ2) is 16.3. The van der Waals surface area contributed by atoms with Gasteiger partial charge in [-0.3, -0.25) is 4.79 Å². The fourth-order valence-corrected chi connectivity index (χ4v) is 6.36. The molecule has 3 aliphatic rings. The highest BCUT2D eigenvalue weighted by Crippen LogP contribution is 2.41. The van der Waals surface area contributed by atoms with Gasteiger partial charge in [0.25, 0.3) is 0 Å². The van der Waals surface area contributed by atoms with Crippen LogP contribution in [0.1, 0.15) is 0 Å². The lowest BCUT2D eigenvalue weighted by molar-refractivity contribution is -0.358. The number of aliphatic hydroxyl groups is 11. The molecule has 0 saturated carbocycles. The van der Waals surface area contributed by atoms with Crippen LogP contribution in [0.5, 0.6) is 28.7 Å². The molecule has 0 amide bonds. The molecule has 1 aromatic heterocycles. The van der Waals surface area contributed by atoms with Gasteiger partial charge in [0, 0.05) is 17.7 Å². The molecule has 0 radical (unpaired) electrons. The lowest BCUT2D eigenvalue weighted by Gasteiger charge is -2.46. The Hall–Kier alpha value is -3.95. The number of phenols is 2. The van der Waals surface area contributed by atoms with Gasteiger partial charge in [0.1, 0.15) is 89.6 Å². The third-order valence-corrected chi connectivity index (χ3v) is 9.44. The van der Waals surface area contributed by atoms with E-state index in [4.69, 9.17) is 32.8 Å². The molecule has 0 spiro atoms. The van der Waals surface area contributed by atoms with Crippen molar-refractivity contribution in [3.8, 4) is 40.1 Å². The summed E-state index contributed by atoms with van der Waals surface area (Å²) in [5, 5.41) is 144. The third-order valence-electron chi connectivity index (χ3n) is 9.44. The average molecular weight is 789 g/mol. The Morgan fingerprint density at radius 2 is 1.11 bits per heavy atom. The van der Waals surface area contributed by atoms with Crippen molar-refractivity contribution in [3.05, 3.63) is 40.6 Å². The van der Waals surface area contributed by atoms with Gasteiger partial charge in [-0.05, 0) is 18.2 Å². The first-order chi connectivity index (χ1) is 26.1. The molecule has 22 nitrogen and oxygen atoms in total. The number of ether oxygens (including phenoxy) is 6. The molecule has 3 saturated heterocycles. The first-order valence-electron chi connectivity index (χ1n) is 16.7. The molecule has 6 rings (SSSR count). The van der Waals surface area contributed by atoms with Gasteiger partial charge in [-0.25, -0.2) is 0 Å². The zero-order valence-corrected chi connectivity index (χ0v) is 28.2. The number of hydrogen-bond acceptors (Lipinski definition) is 22. The minimum absolute atomic E-state index is 0.173. The number of rotatable bonds is 10. The van der Waals surface area contributed by atoms with Crippen molar-refractivity contribution in [2.45, 2.75) is 92.1 Å². The van der Waals surface area contributed by atoms with E-state index in [0.717, 1.165) is 24.3 Å². The molecule has 3 aromatic rings. The molecule has 0 bridgehead atoms. The lowest BCUT2D eigenvalue weighted by Crippen LogP contribution is -2.65. The van der Waals surface area contributed by atoms with E-state index < -0.39 is 157 Å². The molecule has 0 aliphatic carbocycles. The maximum atomic E-state index is 13.1. The SMILES string of the molecule is O=c1c(O)c(-c2ccc(O[C@@H]3O[C@H](CO)[C@@H](O)[C@H](O)[C@H]3O[C@@H]3O[C@H](CO)[C@@H](O)[C@H](O)[C@H]3O)c(O[C@@H]3O[C@H](CO)[C@@H](O)[C@H](O)[C@H]3O)c2)oc2cc(O)cc(O)c12. The Labute approximate surface area is 307 Å². The number of benzene rings is 2. The summed E-state index contributed by atoms with van der Waals surface area (Å²) in [7, 11) is 0. The summed E-state index contributed by atoms with van der Waals surface area (Å²) < 4.78 is 39.7. The molecule has 2 aromatic carbocycles. The van der Waals surface area contributed by atoms with E-state index in [1.807, 2.05) is 0 Å². The number of phenolic OH excluding ortho intramolecular Hbond substituents is 2. The first-order valence-corrected chi connectivity index (χ1v) is 16.7. The van der Waals surface area contributed by atoms with Crippen molar-refractivity contribution in [2.75, 3.05) is 19.8 Å². The number of hydrogen-bond donors (Lipinski definition) is 14. The van der Waals surface area contributed by atoms with Crippen LogP contribution in [0.4, 0.5) is 0 Å². The molecule has 304 valence electrons. The Morgan fingerprint density at radius 1 is 0.582 bits per heavy atom. The van der Waals surface area contributed by atoms with Crippen LogP contribution in [-0.4, -0.2) is 183 Å². The highest BCUT2D eigenvalue weighted by atomic mass is 16.8. The molecule has 15 atom stereocenters. The van der Waals surface area contributed by atoms with Gasteiger partial charge in [-0.15, -0.1) is 0 Å². The molecule has 14 N–H and O–H groups in total. The summed E-state index contributed by atoms with van der Waals surface area (Å²) >= 11 is 0. The summed E-state index contributed by atoms with van der Waals surface area (Å²) in [6, 6.07) is 5.13. The standard InChI is InChI=1S/C33H40O22/c34-6-15-19(39)23(43)27(47)31(52-15)51-13-3-9(29-26(46)22(42)18-11(38)4-10(37)5-14(18)49-29)1-2-12(13)50-33-30(25(45)21(41)17(8-36)54-33)55-32-28(48)24(44)20(40)16(7-35)53-32/h1-5,15-17,19-21,23-25,27-28,30-41,43-48H,6-8H2/t15-,16-,17-,19-,20-,21-,23+,24+,25+,27-,28-,30-,31-,32+,33-/m1/s1. The molecular weight excluding hydrogens is 748 g/mol. The van der Waals surface area contributed by atoms with Gasteiger partial charge in [0.05, 0.1) is 19.8 Å². The maximum Gasteiger partial charge on any atom is 0.238 e. The predicted molar refractivity (Wildman–Crippen MR) is 174 cm³/mol. The number of aromatic hydroxyl groups is 3. The quantitative estimate of drug-likeness (QED) is 0.0912. The van der Waals surface area contributed by atoms with E-state index in [9.17, 15) is 76.3 Å². The van der Waals surface area contributed by atoms with Crippen molar-refractivity contribution in [3.63, 3.8) is 0 Å². The van der Waals surface area contributed by atoms with Crippen LogP contribution < -0.4 is 14.9 Å². The second-order valence-corrected chi connectivity index (χ2v) is 13.0. The molecule has 3 aliphatic heterocycles. The highest BCUT2D eigenvalue weighted by Gasteiger charge is 2.52. The maximum absolute atomic E-state index is 13.1. The van der Waals surface area contributed by atoms with Crippen LogP contribution in [0.25, 0.3) is 22.3 Å². The van der Waals surface area contributed by atoms with E-state index in [1.165, 1.54) is 6.07 Å². The number of aliphatic hydroxyl groups excluding tert-OH is 11. The van der Waals surface area contributed by atoms with Crippen molar-refractivity contribution in [2.24, 2.45) is 0 Å². The van der Waals surface area contributed by atoms with Crippen molar-refractivity contribution >= 4 is 11.0 Å².